The summed E-state index contributed by atoms with van der Waals surface area (Å²) in [5.41, 5.74) is -0.757. The van der Waals surface area contributed by atoms with Gasteiger partial charge in [0.2, 0.25) is 0 Å². The fourth-order valence-electron chi connectivity index (χ4n) is 32.3. The Bertz CT molecular complexity index is 3630. The van der Waals surface area contributed by atoms with Gasteiger partial charge in [-0.25, -0.2) is 0 Å². The van der Waals surface area contributed by atoms with E-state index in [9.17, 15) is 58.5 Å². The maximum Gasteiger partial charge on any atom is 3.00 e. The number of rotatable bonds is 6. The molecule has 12 saturated carbocycles. The molecule has 0 radical (unpaired) electrons. The van der Waals surface area contributed by atoms with Crippen molar-refractivity contribution >= 4 is 70.5 Å². The maximum atomic E-state index is 14.3. The van der Waals surface area contributed by atoms with Crippen LogP contribution >= 0.6 is 0 Å². The summed E-state index contributed by atoms with van der Waals surface area (Å²) in [6.07, 6.45) is 29.2. The Morgan fingerprint density at radius 1 is 0.312 bits per heavy atom. The topological polar surface area (TPSA) is 250 Å². The van der Waals surface area contributed by atoms with Crippen molar-refractivity contribution in [2.45, 2.75) is 358 Å². The Hall–Kier alpha value is -4.42. The molecule has 0 aromatic heterocycles. The fourth-order valence-corrected chi connectivity index (χ4v) is 32.3. The summed E-state index contributed by atoms with van der Waals surface area (Å²) < 4.78 is 17.4. The summed E-state index contributed by atoms with van der Waals surface area (Å²) in [7, 11) is 0. The van der Waals surface area contributed by atoms with Crippen LogP contribution in [0.4, 0.5) is 0 Å². The SMILES string of the molecule is CC(=O)O[C@H]1CC[C@]2(C)[C@H]3C(=O)C=C4[C@@H]5C[C@@](C)(C(=O)[O-])CC[C@]5(C)CC[C@@]4(C)[C@]3(C)CC[C@H]2C1(C)C.CC(=O)O[C@H]1CC[C@]2(C)[C@H]3C(=O)C=C4[C@@H]5C[C@@](C)(C(=O)[O-])CC[C@]5(C)CC[C@@]4(C)[C@]3(C)CC[C@H]2C1(C)C.CC(=O)O[C@H]1CC[C@]2(C)[C@H]3C(=O)C=C4[C@@H]5C[C@@](C)(C(=O)[O-])CC[C@]5(C)CC[C@@]4(C)[C@]3(C)CC[C@H]2C1(C)C.[Al+3]. The molecule has 0 saturated heterocycles. The third-order valence-electron chi connectivity index (χ3n) is 39.9. The number of hydrogen-bond donors (Lipinski definition) is 0. The second-order valence-corrected chi connectivity index (χ2v) is 46.5. The maximum absolute atomic E-state index is 14.3. The van der Waals surface area contributed by atoms with Crippen molar-refractivity contribution in [1.29, 1.82) is 0 Å². The molecule has 15 aliphatic rings. The molecule has 0 aliphatic heterocycles. The van der Waals surface area contributed by atoms with Crippen molar-refractivity contribution in [1.82, 2.24) is 0 Å². The van der Waals surface area contributed by atoms with Crippen LogP contribution < -0.4 is 15.3 Å². The normalized spacial score (nSPS) is 50.0. The minimum absolute atomic E-state index is 0. The van der Waals surface area contributed by atoms with Gasteiger partial charge in [0.05, 0.1) is 0 Å². The Morgan fingerprint density at radius 3 is 0.732 bits per heavy atom. The molecule has 12 fully saturated rings. The molecule has 0 N–H and O–H groups in total. The minimum Gasteiger partial charge on any atom is -0.550 e. The van der Waals surface area contributed by atoms with Gasteiger partial charge in [0.25, 0.3) is 0 Å². The molecule has 0 amide bonds. The molecule has 112 heavy (non-hydrogen) atoms. The number of carboxylic acids is 3. The summed E-state index contributed by atoms with van der Waals surface area (Å²) in [6.45, 7) is 51.7. The molecule has 0 aromatic rings. The quantitative estimate of drug-likeness (QED) is 0.136. The second kappa shape index (κ2) is 27.3. The van der Waals surface area contributed by atoms with Gasteiger partial charge in [-0.2, -0.15) is 0 Å². The van der Waals surface area contributed by atoms with E-state index in [4.69, 9.17) is 14.2 Å². The zero-order chi connectivity index (χ0) is 82.2. The van der Waals surface area contributed by atoms with Gasteiger partial charge in [0, 0.05) is 88.9 Å². The number of hydrogen-bond acceptors (Lipinski definition) is 15. The van der Waals surface area contributed by atoms with Crippen molar-refractivity contribution in [3.05, 3.63) is 34.9 Å². The van der Waals surface area contributed by atoms with Gasteiger partial charge in [-0.3, -0.25) is 28.8 Å². The molecular formula is C96H141AlO15. The van der Waals surface area contributed by atoms with Crippen LogP contribution in [0.25, 0.3) is 0 Å². The number of fused-ring (bicyclic) bond motifs is 21. The summed E-state index contributed by atoms with van der Waals surface area (Å²) in [5.74, 6) is -1.83. The zero-order valence-electron chi connectivity index (χ0n) is 73.5. The summed E-state index contributed by atoms with van der Waals surface area (Å²) >= 11 is 0. The number of ketones is 3. The van der Waals surface area contributed by atoms with Crippen molar-refractivity contribution in [2.24, 2.45) is 151 Å². The first-order valence-electron chi connectivity index (χ1n) is 43.8. The summed E-state index contributed by atoms with van der Waals surface area (Å²) in [4.78, 5) is 115. The van der Waals surface area contributed by atoms with Crippen LogP contribution in [0.5, 0.6) is 0 Å². The monoisotopic (exact) mass is 1560 g/mol. The number of carbonyl (C=O) groups excluding carboxylic acids is 9. The molecule has 0 aromatic carbocycles. The number of esters is 3. The first-order valence-corrected chi connectivity index (χ1v) is 43.8. The molecular weight excluding hydrogens is 1420 g/mol. The molecule has 16 heteroatoms. The number of carbonyl (C=O) groups is 9. The number of carboxylic acid groups (broad SMARTS) is 3. The van der Waals surface area contributed by atoms with Crippen LogP contribution in [0.1, 0.15) is 340 Å². The van der Waals surface area contributed by atoms with Gasteiger partial charge in [0.15, 0.2) is 17.3 Å². The second-order valence-electron chi connectivity index (χ2n) is 46.5. The van der Waals surface area contributed by atoms with Gasteiger partial charge >= 0.3 is 35.3 Å². The van der Waals surface area contributed by atoms with Crippen LogP contribution in [0, 0.1) is 151 Å². The largest absolute Gasteiger partial charge is 3.00 e. The Balaban J connectivity index is 0.000000155. The molecule has 27 atom stereocenters. The van der Waals surface area contributed by atoms with Gasteiger partial charge in [-0.1, -0.05) is 162 Å². The number of aliphatic carboxylic acids is 3. The van der Waals surface area contributed by atoms with E-state index in [-0.39, 0.29) is 188 Å². The van der Waals surface area contributed by atoms with Crippen LogP contribution in [0.2, 0.25) is 0 Å². The predicted molar refractivity (Wildman–Crippen MR) is 426 cm³/mol. The van der Waals surface area contributed by atoms with E-state index in [0.29, 0.717) is 56.3 Å². The van der Waals surface area contributed by atoms with E-state index in [0.717, 1.165) is 135 Å². The molecule has 0 spiro atoms. The van der Waals surface area contributed by atoms with Crippen molar-refractivity contribution < 1.29 is 72.7 Å². The molecule has 0 heterocycles. The fraction of sp³-hybridized carbons (Fsp3) is 0.844. The Morgan fingerprint density at radius 2 is 0.527 bits per heavy atom. The molecule has 0 bridgehead atoms. The predicted octanol–water partition coefficient (Wildman–Crippen LogP) is 16.6. The molecule has 15 rings (SSSR count). The standard InChI is InChI=1S/3C32H48O5.Al/c3*1-19(33)37-24-10-11-30(6)23(27(24,2)3)9-12-32(8)25(30)22(34)17-20-21-18-29(5,26(35)36)14-13-28(21,4)15-16-31(20,32)7;/h3*17,21,23-25H,9-16,18H2,1-8H3,(H,35,36);/q;;;+3/p-3/t3*21-,23-,24-,25+,28+,29-,30-,31+,32+;/m000./s1. The van der Waals surface area contributed by atoms with Crippen LogP contribution in [-0.4, -0.2) is 88.8 Å². The number of ether oxygens (including phenoxy) is 3. The van der Waals surface area contributed by atoms with Crippen LogP contribution in [0.15, 0.2) is 34.9 Å². The summed E-state index contributed by atoms with van der Waals surface area (Å²) in [5, 5.41) is 36.5. The zero-order valence-corrected chi connectivity index (χ0v) is 74.6. The van der Waals surface area contributed by atoms with E-state index < -0.39 is 34.2 Å². The van der Waals surface area contributed by atoms with E-state index in [1.54, 1.807) is 0 Å². The van der Waals surface area contributed by atoms with Crippen LogP contribution in [0.3, 0.4) is 0 Å². The molecule has 15 aliphatic carbocycles. The first-order chi connectivity index (χ1) is 50.8. The summed E-state index contributed by atoms with van der Waals surface area (Å²) in [6, 6.07) is 0. The van der Waals surface area contributed by atoms with Crippen molar-refractivity contribution in [2.75, 3.05) is 0 Å². The Labute approximate surface area is 682 Å². The molecule has 15 nitrogen and oxygen atoms in total. The van der Waals surface area contributed by atoms with Gasteiger partial charge in [0.1, 0.15) is 18.3 Å². The number of allylic oxidation sites excluding steroid dienone is 6. The van der Waals surface area contributed by atoms with E-state index >= 15 is 0 Å². The minimum atomic E-state index is -0.951. The van der Waals surface area contributed by atoms with Gasteiger partial charge in [-0.15, -0.1) is 0 Å². The third-order valence-corrected chi connectivity index (χ3v) is 39.9. The average molecular weight is 1560 g/mol. The van der Waals surface area contributed by atoms with Gasteiger partial charge < -0.3 is 43.9 Å². The first kappa shape index (κ1) is 86.9. The average Bonchev–Trinajstić information content (AvgIpc) is 0.681. The van der Waals surface area contributed by atoms with E-state index in [1.807, 2.05) is 39.0 Å². The Kier molecular flexibility index (Phi) is 21.2. The smallest absolute Gasteiger partial charge is 0.550 e. The van der Waals surface area contributed by atoms with Crippen molar-refractivity contribution in [3.8, 4) is 0 Å². The molecule has 0 unspecified atom stereocenters. The van der Waals surface area contributed by atoms with Crippen molar-refractivity contribution in [3.63, 3.8) is 0 Å². The van der Waals surface area contributed by atoms with E-state index in [1.165, 1.54) is 37.5 Å². The van der Waals surface area contributed by atoms with Gasteiger partial charge in [-0.05, 0) is 292 Å². The van der Waals surface area contributed by atoms with E-state index in [2.05, 4.69) is 125 Å². The van der Waals surface area contributed by atoms with Crippen LogP contribution in [-0.2, 0) is 57.4 Å². The molecule has 618 valence electrons. The third kappa shape index (κ3) is 12.2.